The Labute approximate surface area is 192 Å². The van der Waals surface area contributed by atoms with Crippen LogP contribution in [0.25, 0.3) is 0 Å². The maximum Gasteiger partial charge on any atom is 0.150 e. The molecular weight excluding hydrogens is 400 g/mol. The van der Waals surface area contributed by atoms with E-state index in [0.29, 0.717) is 23.4 Å². The van der Waals surface area contributed by atoms with E-state index in [1.807, 2.05) is 0 Å². The van der Waals surface area contributed by atoms with Crippen LogP contribution in [0.2, 0.25) is 0 Å². The molecule has 6 heteroatoms. The van der Waals surface area contributed by atoms with Crippen LogP contribution in [0.3, 0.4) is 0 Å². The number of rotatable bonds is 7. The highest BCUT2D eigenvalue weighted by Gasteiger charge is 2.48. The van der Waals surface area contributed by atoms with E-state index in [-0.39, 0.29) is 0 Å². The summed E-state index contributed by atoms with van der Waals surface area (Å²) in [5, 5.41) is 8.32. The first kappa shape index (κ1) is 21.9. The summed E-state index contributed by atoms with van der Waals surface area (Å²) in [5.74, 6) is 1.66. The van der Waals surface area contributed by atoms with Crippen LogP contribution >= 0.6 is 0 Å². The molecule has 2 aromatic rings. The SMILES string of the molecule is CC1(C)C(Cc2cc(CN3CCN(c4ccccc4)CC3)on2)CC1NC1CCOCC1. The number of para-hydroxylation sites is 1. The third-order valence-corrected chi connectivity index (χ3v) is 8.07. The second kappa shape index (κ2) is 9.54. The van der Waals surface area contributed by atoms with Gasteiger partial charge in [-0.05, 0) is 49.1 Å². The van der Waals surface area contributed by atoms with Crippen molar-refractivity contribution in [2.45, 2.75) is 58.2 Å². The smallest absolute Gasteiger partial charge is 0.150 e. The molecule has 174 valence electrons. The lowest BCUT2D eigenvalue weighted by molar-refractivity contribution is -0.00757. The van der Waals surface area contributed by atoms with Gasteiger partial charge in [-0.2, -0.15) is 0 Å². The van der Waals surface area contributed by atoms with Gasteiger partial charge in [0, 0.05) is 63.2 Å². The van der Waals surface area contributed by atoms with Crippen LogP contribution in [0.15, 0.2) is 40.9 Å². The van der Waals surface area contributed by atoms with Crippen molar-refractivity contribution in [3.63, 3.8) is 0 Å². The van der Waals surface area contributed by atoms with Crippen LogP contribution in [0.5, 0.6) is 0 Å². The van der Waals surface area contributed by atoms with Crippen LogP contribution in [-0.2, 0) is 17.7 Å². The second-order valence-corrected chi connectivity index (χ2v) is 10.4. The quantitative estimate of drug-likeness (QED) is 0.711. The molecule has 5 rings (SSSR count). The summed E-state index contributed by atoms with van der Waals surface area (Å²) in [5.41, 5.74) is 2.73. The number of aromatic nitrogens is 1. The van der Waals surface area contributed by atoms with Gasteiger partial charge in [0.05, 0.1) is 12.2 Å². The van der Waals surface area contributed by atoms with E-state index in [1.165, 1.54) is 12.1 Å². The zero-order valence-electron chi connectivity index (χ0n) is 19.6. The van der Waals surface area contributed by atoms with E-state index < -0.39 is 0 Å². The zero-order valence-corrected chi connectivity index (χ0v) is 19.6. The molecule has 1 N–H and O–H groups in total. The molecule has 1 saturated carbocycles. The number of anilines is 1. The molecular formula is C26H38N4O2. The number of piperazine rings is 1. The molecule has 2 atom stereocenters. The van der Waals surface area contributed by atoms with Crippen LogP contribution < -0.4 is 10.2 Å². The lowest BCUT2D eigenvalue weighted by Gasteiger charge is -2.54. The van der Waals surface area contributed by atoms with Crippen molar-refractivity contribution in [2.24, 2.45) is 11.3 Å². The lowest BCUT2D eigenvalue weighted by atomic mass is 9.57. The van der Waals surface area contributed by atoms with Gasteiger partial charge in [-0.15, -0.1) is 0 Å². The molecule has 1 aromatic heterocycles. The van der Waals surface area contributed by atoms with Gasteiger partial charge in [0.25, 0.3) is 0 Å². The van der Waals surface area contributed by atoms with E-state index in [0.717, 1.165) is 76.7 Å². The predicted molar refractivity (Wildman–Crippen MR) is 127 cm³/mol. The van der Waals surface area contributed by atoms with Crippen molar-refractivity contribution in [3.8, 4) is 0 Å². The second-order valence-electron chi connectivity index (χ2n) is 10.4. The fourth-order valence-electron chi connectivity index (χ4n) is 5.60. The Morgan fingerprint density at radius 1 is 1.06 bits per heavy atom. The molecule has 6 nitrogen and oxygen atoms in total. The number of nitrogens with one attached hydrogen (secondary N) is 1. The molecule has 3 heterocycles. The van der Waals surface area contributed by atoms with E-state index in [1.54, 1.807) is 0 Å². The van der Waals surface area contributed by atoms with Crippen molar-refractivity contribution in [2.75, 3.05) is 44.3 Å². The standard InChI is InChI=1S/C26H38N4O2/c1-26(2)20(17-25(26)27-21-8-14-31-15-9-21)16-22-18-24(32-28-22)19-29-10-12-30(13-11-29)23-6-4-3-5-7-23/h3-7,18,20-21,25,27H,8-17,19H2,1-2H3. The van der Waals surface area contributed by atoms with Crippen LogP contribution in [-0.4, -0.2) is 61.5 Å². The monoisotopic (exact) mass is 438 g/mol. The largest absolute Gasteiger partial charge is 0.381 e. The molecule has 2 saturated heterocycles. The first-order chi connectivity index (χ1) is 15.6. The number of hydrogen-bond donors (Lipinski definition) is 1. The highest BCUT2D eigenvalue weighted by molar-refractivity contribution is 5.46. The Hall–Kier alpha value is -1.89. The van der Waals surface area contributed by atoms with Gasteiger partial charge in [-0.3, -0.25) is 4.90 Å². The average Bonchev–Trinajstić information content (AvgIpc) is 3.27. The van der Waals surface area contributed by atoms with Crippen LogP contribution in [0, 0.1) is 11.3 Å². The Balaban J connectivity index is 1.08. The van der Waals surface area contributed by atoms with E-state index in [2.05, 4.69) is 70.5 Å². The molecule has 3 fully saturated rings. The molecule has 0 amide bonds. The number of ether oxygens (including phenoxy) is 1. The third kappa shape index (κ3) is 4.87. The normalized spacial score (nSPS) is 26.8. The average molecular weight is 439 g/mol. The molecule has 3 aliphatic rings. The van der Waals surface area contributed by atoms with Crippen molar-refractivity contribution in [1.82, 2.24) is 15.4 Å². The first-order valence-corrected chi connectivity index (χ1v) is 12.4. The van der Waals surface area contributed by atoms with Gasteiger partial charge < -0.3 is 19.5 Å². The highest BCUT2D eigenvalue weighted by Crippen LogP contribution is 2.48. The summed E-state index contributed by atoms with van der Waals surface area (Å²) in [6.07, 6.45) is 4.53. The minimum atomic E-state index is 0.297. The number of hydrogen-bond acceptors (Lipinski definition) is 6. The Bertz CT molecular complexity index is 854. The topological polar surface area (TPSA) is 53.8 Å². The van der Waals surface area contributed by atoms with Crippen molar-refractivity contribution in [1.29, 1.82) is 0 Å². The summed E-state index contributed by atoms with van der Waals surface area (Å²) in [7, 11) is 0. The highest BCUT2D eigenvalue weighted by atomic mass is 16.5. The molecule has 2 aliphatic heterocycles. The fourth-order valence-corrected chi connectivity index (χ4v) is 5.60. The minimum Gasteiger partial charge on any atom is -0.381 e. The van der Waals surface area contributed by atoms with E-state index >= 15 is 0 Å². The maximum absolute atomic E-state index is 5.73. The van der Waals surface area contributed by atoms with Gasteiger partial charge in [0.1, 0.15) is 0 Å². The van der Waals surface area contributed by atoms with Crippen LogP contribution in [0.4, 0.5) is 5.69 Å². The first-order valence-electron chi connectivity index (χ1n) is 12.4. The molecule has 1 aliphatic carbocycles. The summed E-state index contributed by atoms with van der Waals surface area (Å²) in [4.78, 5) is 4.94. The molecule has 0 bridgehead atoms. The van der Waals surface area contributed by atoms with Gasteiger partial charge in [0.15, 0.2) is 5.76 Å². The molecule has 0 spiro atoms. The Morgan fingerprint density at radius 2 is 1.81 bits per heavy atom. The molecule has 32 heavy (non-hydrogen) atoms. The van der Waals surface area contributed by atoms with E-state index in [9.17, 15) is 0 Å². The van der Waals surface area contributed by atoms with Crippen molar-refractivity contribution >= 4 is 5.69 Å². The third-order valence-electron chi connectivity index (χ3n) is 8.07. The van der Waals surface area contributed by atoms with Gasteiger partial charge in [-0.25, -0.2) is 0 Å². The predicted octanol–water partition coefficient (Wildman–Crippen LogP) is 3.72. The number of nitrogens with zero attached hydrogens (tertiary/aromatic N) is 3. The Kier molecular flexibility index (Phi) is 6.54. The van der Waals surface area contributed by atoms with Gasteiger partial charge in [-0.1, -0.05) is 37.2 Å². The summed E-state index contributed by atoms with van der Waals surface area (Å²) < 4.78 is 11.2. The summed E-state index contributed by atoms with van der Waals surface area (Å²) in [6, 6.07) is 14.1. The molecule has 2 unspecified atom stereocenters. The molecule has 1 aromatic carbocycles. The van der Waals surface area contributed by atoms with Gasteiger partial charge >= 0.3 is 0 Å². The molecule has 0 radical (unpaired) electrons. The fraction of sp³-hybridized carbons (Fsp3) is 0.654. The van der Waals surface area contributed by atoms with Crippen LogP contribution in [0.1, 0.15) is 44.6 Å². The number of benzene rings is 1. The van der Waals surface area contributed by atoms with Gasteiger partial charge in [0.2, 0.25) is 0 Å². The summed E-state index contributed by atoms with van der Waals surface area (Å²) >= 11 is 0. The minimum absolute atomic E-state index is 0.297. The summed E-state index contributed by atoms with van der Waals surface area (Å²) in [6.45, 7) is 11.7. The van der Waals surface area contributed by atoms with Crippen molar-refractivity contribution in [3.05, 3.63) is 47.9 Å². The lowest BCUT2D eigenvalue weighted by Crippen LogP contribution is -2.60. The van der Waals surface area contributed by atoms with Crippen molar-refractivity contribution < 1.29 is 9.26 Å². The Morgan fingerprint density at radius 3 is 2.53 bits per heavy atom. The van der Waals surface area contributed by atoms with E-state index in [4.69, 9.17) is 9.26 Å². The zero-order chi connectivity index (χ0) is 22.0. The maximum atomic E-state index is 5.73.